The van der Waals surface area contributed by atoms with E-state index in [-0.39, 0.29) is 6.42 Å². The number of aromatic nitrogens is 1. The highest BCUT2D eigenvalue weighted by Gasteiger charge is 2.12. The number of aliphatic carboxylic acids is 1. The van der Waals surface area contributed by atoms with Gasteiger partial charge in [0.05, 0.1) is 12.5 Å². The Bertz CT molecular complexity index is 280. The van der Waals surface area contributed by atoms with E-state index in [1.54, 1.807) is 0 Å². The fourth-order valence-electron chi connectivity index (χ4n) is 1.15. The number of hydrogen-bond donors (Lipinski definition) is 2. The van der Waals surface area contributed by atoms with Crippen molar-refractivity contribution in [1.29, 1.82) is 0 Å². The highest BCUT2D eigenvalue weighted by Crippen LogP contribution is 2.13. The predicted molar refractivity (Wildman–Crippen MR) is 44.6 cm³/mol. The molecule has 0 spiro atoms. The summed E-state index contributed by atoms with van der Waals surface area (Å²) >= 11 is 0. The van der Waals surface area contributed by atoms with Crippen molar-refractivity contribution in [3.8, 4) is 0 Å². The van der Waals surface area contributed by atoms with Gasteiger partial charge < -0.3 is 15.4 Å². The molecule has 0 aliphatic rings. The molecule has 1 heterocycles. The van der Waals surface area contributed by atoms with Crippen LogP contribution in [0.2, 0.25) is 0 Å². The highest BCUT2D eigenvalue weighted by molar-refractivity contribution is 5.67. The number of nitrogens with two attached hydrogens (primary N) is 1. The van der Waals surface area contributed by atoms with Crippen molar-refractivity contribution in [1.82, 2.24) is 4.57 Å². The smallest absolute Gasteiger partial charge is 0.305 e. The molecule has 66 valence electrons. The minimum atomic E-state index is -0.872. The average Bonchev–Trinajstić information content (AvgIpc) is 2.33. The normalized spacial score (nSPS) is 12.8. The van der Waals surface area contributed by atoms with Crippen molar-refractivity contribution in [3.05, 3.63) is 24.0 Å². The number of carboxylic acids is 1. The zero-order chi connectivity index (χ0) is 9.14. The molecule has 0 aliphatic carbocycles. The van der Waals surface area contributed by atoms with Crippen molar-refractivity contribution < 1.29 is 9.90 Å². The molecule has 1 rings (SSSR count). The summed E-state index contributed by atoms with van der Waals surface area (Å²) in [4.78, 5) is 10.3. The first kappa shape index (κ1) is 8.80. The largest absolute Gasteiger partial charge is 0.481 e. The van der Waals surface area contributed by atoms with Gasteiger partial charge >= 0.3 is 5.97 Å². The third-order valence-corrected chi connectivity index (χ3v) is 1.76. The zero-order valence-electron chi connectivity index (χ0n) is 6.90. The lowest BCUT2D eigenvalue weighted by molar-refractivity contribution is -0.137. The van der Waals surface area contributed by atoms with E-state index < -0.39 is 12.0 Å². The molecule has 0 aliphatic heterocycles. The van der Waals surface area contributed by atoms with Crippen molar-refractivity contribution in [2.75, 3.05) is 0 Å². The van der Waals surface area contributed by atoms with Gasteiger partial charge in [0, 0.05) is 18.9 Å². The Morgan fingerprint density at radius 2 is 2.50 bits per heavy atom. The third kappa shape index (κ3) is 1.85. The maximum atomic E-state index is 10.3. The van der Waals surface area contributed by atoms with E-state index in [4.69, 9.17) is 10.8 Å². The molecule has 1 atom stereocenters. The standard InChI is InChI=1S/C8H12N2O2/c1-10-4-2-3-7(10)6(9)5-8(11)12/h2-4,6H,5,9H2,1H3,(H,11,12). The van der Waals surface area contributed by atoms with Crippen LogP contribution < -0.4 is 5.73 Å². The van der Waals surface area contributed by atoms with E-state index >= 15 is 0 Å². The number of aryl methyl sites for hydroxylation is 1. The van der Waals surface area contributed by atoms with Crippen molar-refractivity contribution in [2.45, 2.75) is 12.5 Å². The van der Waals surface area contributed by atoms with E-state index in [1.807, 2.05) is 29.9 Å². The second kappa shape index (κ2) is 3.40. The third-order valence-electron chi connectivity index (χ3n) is 1.76. The van der Waals surface area contributed by atoms with E-state index in [1.165, 1.54) is 0 Å². The maximum Gasteiger partial charge on any atom is 0.305 e. The minimum absolute atomic E-state index is 0.0299. The Balaban J connectivity index is 2.71. The van der Waals surface area contributed by atoms with Crippen molar-refractivity contribution >= 4 is 5.97 Å². The molecule has 1 unspecified atom stereocenters. The summed E-state index contributed by atoms with van der Waals surface area (Å²) < 4.78 is 1.83. The fourth-order valence-corrected chi connectivity index (χ4v) is 1.15. The number of nitrogens with zero attached hydrogens (tertiary/aromatic N) is 1. The highest BCUT2D eigenvalue weighted by atomic mass is 16.4. The molecule has 0 saturated heterocycles. The topological polar surface area (TPSA) is 68.2 Å². The first-order chi connectivity index (χ1) is 5.61. The van der Waals surface area contributed by atoms with Crippen LogP contribution in [0.15, 0.2) is 18.3 Å². The van der Waals surface area contributed by atoms with Crippen LogP contribution in [0.4, 0.5) is 0 Å². The molecule has 0 radical (unpaired) electrons. The first-order valence-electron chi connectivity index (χ1n) is 3.70. The van der Waals surface area contributed by atoms with Gasteiger partial charge in [-0.3, -0.25) is 4.79 Å². The summed E-state index contributed by atoms with van der Waals surface area (Å²) in [6.45, 7) is 0. The van der Waals surface area contributed by atoms with Gasteiger partial charge in [-0.25, -0.2) is 0 Å². The molecular formula is C8H12N2O2. The second-order valence-electron chi connectivity index (χ2n) is 2.75. The molecule has 12 heavy (non-hydrogen) atoms. The monoisotopic (exact) mass is 168 g/mol. The van der Waals surface area contributed by atoms with Gasteiger partial charge in [-0.15, -0.1) is 0 Å². The fraction of sp³-hybridized carbons (Fsp3) is 0.375. The molecule has 0 aromatic carbocycles. The van der Waals surface area contributed by atoms with Crippen LogP contribution in [-0.4, -0.2) is 15.6 Å². The van der Waals surface area contributed by atoms with Crippen LogP contribution in [0.5, 0.6) is 0 Å². The first-order valence-corrected chi connectivity index (χ1v) is 3.70. The number of carboxylic acid groups (broad SMARTS) is 1. The molecule has 4 heteroatoms. The lowest BCUT2D eigenvalue weighted by Crippen LogP contribution is -2.17. The molecule has 0 fully saturated rings. The van der Waals surface area contributed by atoms with Gasteiger partial charge in [-0.05, 0) is 12.1 Å². The summed E-state index contributed by atoms with van der Waals surface area (Å²) in [7, 11) is 1.84. The maximum absolute atomic E-state index is 10.3. The van der Waals surface area contributed by atoms with Crippen molar-refractivity contribution in [2.24, 2.45) is 12.8 Å². The number of rotatable bonds is 3. The summed E-state index contributed by atoms with van der Waals surface area (Å²) in [6.07, 6.45) is 1.81. The average molecular weight is 168 g/mol. The Hall–Kier alpha value is -1.29. The Morgan fingerprint density at radius 3 is 2.92 bits per heavy atom. The molecule has 4 nitrogen and oxygen atoms in total. The zero-order valence-corrected chi connectivity index (χ0v) is 6.90. The molecule has 0 saturated carbocycles. The molecular weight excluding hydrogens is 156 g/mol. The van der Waals surface area contributed by atoms with Gasteiger partial charge in [-0.2, -0.15) is 0 Å². The van der Waals surface area contributed by atoms with Crippen LogP contribution in [0.1, 0.15) is 18.2 Å². The lowest BCUT2D eigenvalue weighted by atomic mass is 10.1. The van der Waals surface area contributed by atoms with Crippen LogP contribution in [0.3, 0.4) is 0 Å². The van der Waals surface area contributed by atoms with Crippen LogP contribution in [0, 0.1) is 0 Å². The summed E-state index contributed by atoms with van der Waals surface area (Å²) in [5.74, 6) is -0.872. The molecule has 0 amide bonds. The quantitative estimate of drug-likeness (QED) is 0.690. The number of hydrogen-bond acceptors (Lipinski definition) is 2. The molecule has 1 aromatic rings. The Kier molecular flexibility index (Phi) is 2.50. The van der Waals surface area contributed by atoms with Gasteiger partial charge in [0.15, 0.2) is 0 Å². The SMILES string of the molecule is Cn1cccc1C(N)CC(=O)O. The van der Waals surface area contributed by atoms with E-state index in [2.05, 4.69) is 0 Å². The minimum Gasteiger partial charge on any atom is -0.481 e. The van der Waals surface area contributed by atoms with Crippen molar-refractivity contribution in [3.63, 3.8) is 0 Å². The van der Waals surface area contributed by atoms with Crippen LogP contribution >= 0.6 is 0 Å². The van der Waals surface area contributed by atoms with E-state index in [9.17, 15) is 4.79 Å². The second-order valence-corrected chi connectivity index (χ2v) is 2.75. The molecule has 1 aromatic heterocycles. The number of carbonyl (C=O) groups is 1. The van der Waals surface area contributed by atoms with E-state index in [0.717, 1.165) is 5.69 Å². The Morgan fingerprint density at radius 1 is 1.83 bits per heavy atom. The summed E-state index contributed by atoms with van der Waals surface area (Å²) in [5, 5.41) is 8.48. The van der Waals surface area contributed by atoms with Crippen LogP contribution in [0.25, 0.3) is 0 Å². The molecule has 0 bridgehead atoms. The van der Waals surface area contributed by atoms with Gasteiger partial charge in [0.1, 0.15) is 0 Å². The molecule has 3 N–H and O–H groups in total. The Labute approximate surface area is 70.6 Å². The lowest BCUT2D eigenvalue weighted by Gasteiger charge is -2.09. The van der Waals surface area contributed by atoms with Gasteiger partial charge in [0.25, 0.3) is 0 Å². The van der Waals surface area contributed by atoms with Gasteiger partial charge in [-0.1, -0.05) is 0 Å². The van der Waals surface area contributed by atoms with Crippen LogP contribution in [-0.2, 0) is 11.8 Å². The predicted octanol–water partition coefficient (Wildman–Crippen LogP) is 0.500. The van der Waals surface area contributed by atoms with Gasteiger partial charge in [0.2, 0.25) is 0 Å². The van der Waals surface area contributed by atoms with E-state index in [0.29, 0.717) is 0 Å². The summed E-state index contributed by atoms with van der Waals surface area (Å²) in [5.41, 5.74) is 6.48. The summed E-state index contributed by atoms with van der Waals surface area (Å²) in [6, 6.07) is 3.26.